The van der Waals surface area contributed by atoms with Gasteiger partial charge in [-0.05, 0) is 53.5 Å². The topological polar surface area (TPSA) is 31.6 Å². The summed E-state index contributed by atoms with van der Waals surface area (Å²) in [6, 6.07) is 2.84. The largest absolute Gasteiger partial charge is 0.465 e. The van der Waals surface area contributed by atoms with Crippen molar-refractivity contribution in [2.45, 2.75) is 38.9 Å². The minimum Gasteiger partial charge on any atom is -0.465 e. The highest BCUT2D eigenvalue weighted by atomic mass is 16.3. The Hall–Kier alpha value is -0.840. The van der Waals surface area contributed by atoms with Crippen molar-refractivity contribution in [3.63, 3.8) is 0 Å². The van der Waals surface area contributed by atoms with Gasteiger partial charge in [0.2, 0.25) is 0 Å². The molecule has 0 radical (unpaired) electrons. The lowest BCUT2D eigenvalue weighted by atomic mass is 10.1. The van der Waals surface area contributed by atoms with Gasteiger partial charge in [0.15, 0.2) is 0 Å². The van der Waals surface area contributed by atoms with Crippen LogP contribution >= 0.6 is 0 Å². The number of likely N-dealkylation sites (N-methyl/N-ethyl adjacent to an activating group) is 2. The second-order valence-electron chi connectivity index (χ2n) is 5.80. The monoisotopic (exact) mass is 265 g/mol. The van der Waals surface area contributed by atoms with Crippen LogP contribution in [0, 0.1) is 6.92 Å². The van der Waals surface area contributed by atoms with E-state index in [1.807, 2.05) is 14.0 Å². The Morgan fingerprint density at radius 3 is 3.00 bits per heavy atom. The molecule has 4 heteroatoms. The Morgan fingerprint density at radius 2 is 2.32 bits per heavy atom. The number of likely N-dealkylation sites (tertiary alicyclic amines) is 1. The summed E-state index contributed by atoms with van der Waals surface area (Å²) in [5.41, 5.74) is 1.27. The average molecular weight is 265 g/mol. The zero-order chi connectivity index (χ0) is 13.8. The minimum atomic E-state index is 0.650. The van der Waals surface area contributed by atoms with Crippen LogP contribution in [-0.4, -0.2) is 50.1 Å². The normalized spacial score (nSPS) is 21.2. The summed E-state index contributed by atoms with van der Waals surface area (Å²) < 4.78 is 5.86. The Balaban J connectivity index is 1.94. The third-order valence-corrected chi connectivity index (χ3v) is 4.07. The number of aryl methyl sites for hydroxylation is 1. The van der Waals surface area contributed by atoms with E-state index in [-0.39, 0.29) is 0 Å². The number of hydrogen-bond donors (Lipinski definition) is 1. The Morgan fingerprint density at radius 1 is 1.53 bits per heavy atom. The zero-order valence-corrected chi connectivity index (χ0v) is 12.7. The molecule has 0 amide bonds. The molecule has 1 aromatic heterocycles. The molecular weight excluding hydrogens is 238 g/mol. The first kappa shape index (κ1) is 14.6. The van der Waals surface area contributed by atoms with Crippen molar-refractivity contribution < 1.29 is 4.42 Å². The first-order chi connectivity index (χ1) is 9.10. The molecular formula is C15H27N3O. The molecule has 2 rings (SSSR count). The highest BCUT2D eigenvalue weighted by Gasteiger charge is 2.22. The molecule has 1 N–H and O–H groups in total. The number of rotatable bonds is 5. The Bertz CT molecular complexity index is 402. The summed E-state index contributed by atoms with van der Waals surface area (Å²) in [6.07, 6.45) is 2.59. The summed E-state index contributed by atoms with van der Waals surface area (Å²) in [5, 5.41) is 3.18. The van der Waals surface area contributed by atoms with Crippen molar-refractivity contribution in [2.75, 3.05) is 34.2 Å². The first-order valence-corrected chi connectivity index (χ1v) is 7.21. The lowest BCUT2D eigenvalue weighted by Gasteiger charge is -2.35. The zero-order valence-electron chi connectivity index (χ0n) is 12.7. The molecule has 0 aromatic carbocycles. The molecule has 1 atom stereocenters. The van der Waals surface area contributed by atoms with E-state index >= 15 is 0 Å². The van der Waals surface area contributed by atoms with Gasteiger partial charge in [-0.3, -0.25) is 4.90 Å². The smallest absolute Gasteiger partial charge is 0.118 e. The van der Waals surface area contributed by atoms with E-state index in [1.54, 1.807) is 0 Å². The summed E-state index contributed by atoms with van der Waals surface area (Å²) in [6.45, 7) is 6.23. The van der Waals surface area contributed by atoms with Crippen molar-refractivity contribution in [2.24, 2.45) is 0 Å². The summed E-state index contributed by atoms with van der Waals surface area (Å²) in [4.78, 5) is 4.85. The Kier molecular flexibility index (Phi) is 5.02. The maximum absolute atomic E-state index is 5.86. The molecule has 1 aromatic rings. The van der Waals surface area contributed by atoms with Gasteiger partial charge in [0, 0.05) is 24.7 Å². The highest BCUT2D eigenvalue weighted by Crippen LogP contribution is 2.19. The summed E-state index contributed by atoms with van der Waals surface area (Å²) in [5.74, 6) is 2.12. The number of hydrogen-bond acceptors (Lipinski definition) is 4. The molecule has 0 bridgehead atoms. The number of nitrogens with one attached hydrogen (secondary N) is 1. The maximum Gasteiger partial charge on any atom is 0.118 e. The fourth-order valence-electron chi connectivity index (χ4n) is 2.91. The van der Waals surface area contributed by atoms with Crippen LogP contribution in [0.5, 0.6) is 0 Å². The van der Waals surface area contributed by atoms with Crippen molar-refractivity contribution in [3.05, 3.63) is 23.2 Å². The standard InChI is InChI=1S/C15H27N3O/c1-12-13(9-16-2)8-15(19-12)11-18(4)14-6-5-7-17(3)10-14/h8,14,16H,5-7,9-11H2,1-4H3. The predicted molar refractivity (Wildman–Crippen MR) is 78.2 cm³/mol. The van der Waals surface area contributed by atoms with E-state index in [2.05, 4.69) is 35.3 Å². The van der Waals surface area contributed by atoms with E-state index in [0.29, 0.717) is 6.04 Å². The van der Waals surface area contributed by atoms with Gasteiger partial charge in [0.1, 0.15) is 11.5 Å². The number of nitrogens with zero attached hydrogens (tertiary/aromatic N) is 2. The maximum atomic E-state index is 5.86. The van der Waals surface area contributed by atoms with E-state index in [9.17, 15) is 0 Å². The van der Waals surface area contributed by atoms with Gasteiger partial charge in [-0.25, -0.2) is 0 Å². The van der Waals surface area contributed by atoms with Crippen LogP contribution in [0.15, 0.2) is 10.5 Å². The second kappa shape index (κ2) is 6.55. The lowest BCUT2D eigenvalue weighted by Crippen LogP contribution is -2.44. The molecule has 2 heterocycles. The molecule has 0 aliphatic carbocycles. The molecule has 108 valence electrons. The third-order valence-electron chi connectivity index (χ3n) is 4.07. The molecule has 1 aliphatic rings. The predicted octanol–water partition coefficient (Wildman–Crippen LogP) is 1.83. The SMILES string of the molecule is CNCc1cc(CN(C)C2CCCN(C)C2)oc1C. The van der Waals surface area contributed by atoms with Gasteiger partial charge >= 0.3 is 0 Å². The minimum absolute atomic E-state index is 0.650. The lowest BCUT2D eigenvalue weighted by molar-refractivity contribution is 0.123. The molecule has 0 saturated carbocycles. The molecule has 4 nitrogen and oxygen atoms in total. The number of furan rings is 1. The van der Waals surface area contributed by atoms with Crippen molar-refractivity contribution >= 4 is 0 Å². The van der Waals surface area contributed by atoms with E-state index < -0.39 is 0 Å². The fraction of sp³-hybridized carbons (Fsp3) is 0.733. The van der Waals surface area contributed by atoms with Gasteiger partial charge in [-0.15, -0.1) is 0 Å². The summed E-state index contributed by atoms with van der Waals surface area (Å²) >= 11 is 0. The van der Waals surface area contributed by atoms with Gasteiger partial charge in [-0.1, -0.05) is 0 Å². The quantitative estimate of drug-likeness (QED) is 0.880. The van der Waals surface area contributed by atoms with Crippen LogP contribution in [0.4, 0.5) is 0 Å². The van der Waals surface area contributed by atoms with E-state index in [0.717, 1.165) is 24.6 Å². The van der Waals surface area contributed by atoms with E-state index in [4.69, 9.17) is 4.42 Å². The van der Waals surface area contributed by atoms with Crippen LogP contribution in [0.1, 0.15) is 29.9 Å². The van der Waals surface area contributed by atoms with Crippen LogP contribution in [0.25, 0.3) is 0 Å². The molecule has 19 heavy (non-hydrogen) atoms. The van der Waals surface area contributed by atoms with Crippen molar-refractivity contribution in [1.29, 1.82) is 0 Å². The van der Waals surface area contributed by atoms with Gasteiger partial charge < -0.3 is 14.6 Å². The Labute approximate surface area is 116 Å². The van der Waals surface area contributed by atoms with Crippen molar-refractivity contribution in [1.82, 2.24) is 15.1 Å². The molecule has 0 spiro atoms. The molecule has 1 unspecified atom stereocenters. The molecule has 1 aliphatic heterocycles. The highest BCUT2D eigenvalue weighted by molar-refractivity contribution is 5.20. The van der Waals surface area contributed by atoms with Gasteiger partial charge in [0.25, 0.3) is 0 Å². The van der Waals surface area contributed by atoms with Crippen LogP contribution in [0.3, 0.4) is 0 Å². The van der Waals surface area contributed by atoms with Crippen LogP contribution in [0.2, 0.25) is 0 Å². The molecule has 1 fully saturated rings. The first-order valence-electron chi connectivity index (χ1n) is 7.21. The third kappa shape index (κ3) is 3.81. The fourth-order valence-corrected chi connectivity index (χ4v) is 2.91. The van der Waals surface area contributed by atoms with Crippen LogP contribution in [-0.2, 0) is 13.1 Å². The van der Waals surface area contributed by atoms with Crippen LogP contribution < -0.4 is 5.32 Å². The molecule has 1 saturated heterocycles. The number of piperidine rings is 1. The second-order valence-corrected chi connectivity index (χ2v) is 5.80. The van der Waals surface area contributed by atoms with E-state index in [1.165, 1.54) is 31.5 Å². The van der Waals surface area contributed by atoms with Gasteiger partial charge in [-0.2, -0.15) is 0 Å². The average Bonchev–Trinajstić information content (AvgIpc) is 2.70. The van der Waals surface area contributed by atoms with Crippen molar-refractivity contribution in [3.8, 4) is 0 Å². The summed E-state index contributed by atoms with van der Waals surface area (Å²) in [7, 11) is 6.39. The van der Waals surface area contributed by atoms with Gasteiger partial charge in [0.05, 0.1) is 6.54 Å².